The van der Waals surface area contributed by atoms with Crippen LogP contribution < -0.4 is 0 Å². The fourth-order valence-corrected chi connectivity index (χ4v) is 4.84. The van der Waals surface area contributed by atoms with Gasteiger partial charge in [-0.3, -0.25) is 0 Å². The number of hydrogen-bond acceptors (Lipinski definition) is 2. The van der Waals surface area contributed by atoms with Gasteiger partial charge >= 0.3 is 0 Å². The highest BCUT2D eigenvalue weighted by Crippen LogP contribution is 2.43. The topological polar surface area (TPSA) is 0 Å². The molecule has 0 bridgehead atoms. The van der Waals surface area contributed by atoms with Crippen LogP contribution in [0, 0.1) is 0 Å². The third-order valence-electron chi connectivity index (χ3n) is 4.17. The van der Waals surface area contributed by atoms with Crippen molar-refractivity contribution in [1.29, 1.82) is 0 Å². The summed E-state index contributed by atoms with van der Waals surface area (Å²) in [6.45, 7) is 9.23. The molecule has 0 amide bonds. The van der Waals surface area contributed by atoms with E-state index in [1.54, 1.807) is 0 Å². The van der Waals surface area contributed by atoms with Gasteiger partial charge in [-0.2, -0.15) is 0 Å². The van der Waals surface area contributed by atoms with Crippen molar-refractivity contribution in [2.75, 3.05) is 0 Å². The van der Waals surface area contributed by atoms with Crippen LogP contribution in [0.4, 0.5) is 0 Å². The monoisotopic (exact) mass is 330 g/mol. The maximum Gasteiger partial charge on any atom is 0.0554 e. The average Bonchev–Trinajstić information content (AvgIpc) is 2.69. The quantitative estimate of drug-likeness (QED) is 0.559. The van der Waals surface area contributed by atoms with Gasteiger partial charge in [0.1, 0.15) is 0 Å². The van der Waals surface area contributed by atoms with Crippen LogP contribution >= 0.6 is 23.5 Å². The molecule has 0 spiro atoms. The Morgan fingerprint density at radius 3 is 2.36 bits per heavy atom. The Bertz CT molecular complexity index is 565. The normalized spacial score (nSPS) is 21.5. The van der Waals surface area contributed by atoms with Gasteiger partial charge in [0.05, 0.1) is 4.75 Å². The fraction of sp³-hybridized carbons (Fsp3) is 0.400. The molecule has 0 aliphatic heterocycles. The molecule has 118 valence electrons. The van der Waals surface area contributed by atoms with Crippen LogP contribution in [0.3, 0.4) is 0 Å². The predicted molar refractivity (Wildman–Crippen MR) is 104 cm³/mol. The molecule has 22 heavy (non-hydrogen) atoms. The van der Waals surface area contributed by atoms with Gasteiger partial charge in [0.15, 0.2) is 0 Å². The lowest BCUT2D eigenvalue weighted by Crippen LogP contribution is -2.18. The van der Waals surface area contributed by atoms with Crippen molar-refractivity contribution in [2.45, 2.75) is 54.9 Å². The van der Waals surface area contributed by atoms with E-state index in [4.69, 9.17) is 0 Å². The van der Waals surface area contributed by atoms with Crippen LogP contribution in [0.1, 0.15) is 40.5 Å². The Morgan fingerprint density at radius 1 is 1.05 bits per heavy atom. The molecule has 1 atom stereocenters. The lowest BCUT2D eigenvalue weighted by atomic mass is 10.1. The first-order chi connectivity index (χ1) is 10.5. The number of allylic oxidation sites excluding steroid dienone is 3. The minimum Gasteiger partial charge on any atom is -0.120 e. The summed E-state index contributed by atoms with van der Waals surface area (Å²) in [5.74, 6) is 0. The number of rotatable bonds is 6. The molecule has 0 fully saturated rings. The van der Waals surface area contributed by atoms with E-state index in [0.29, 0.717) is 4.75 Å². The van der Waals surface area contributed by atoms with Gasteiger partial charge in [-0.15, -0.1) is 23.5 Å². The Hall–Kier alpha value is -0.860. The smallest absolute Gasteiger partial charge is 0.0554 e. The van der Waals surface area contributed by atoms with Gasteiger partial charge in [-0.05, 0) is 38.0 Å². The highest BCUT2D eigenvalue weighted by atomic mass is 32.2. The van der Waals surface area contributed by atoms with E-state index >= 15 is 0 Å². The zero-order valence-corrected chi connectivity index (χ0v) is 15.6. The van der Waals surface area contributed by atoms with E-state index in [1.165, 1.54) is 22.6 Å². The minimum atomic E-state index is -0.00439. The van der Waals surface area contributed by atoms with Crippen molar-refractivity contribution in [2.24, 2.45) is 0 Å². The number of thioether (sulfide) groups is 2. The van der Waals surface area contributed by atoms with E-state index < -0.39 is 0 Å². The summed E-state index contributed by atoms with van der Waals surface area (Å²) >= 11 is 3.92. The summed E-state index contributed by atoms with van der Waals surface area (Å²) in [7, 11) is 0. The summed E-state index contributed by atoms with van der Waals surface area (Å²) in [5.41, 5.74) is 0. The molecule has 1 aliphatic carbocycles. The van der Waals surface area contributed by atoms with Crippen molar-refractivity contribution < 1.29 is 0 Å². The van der Waals surface area contributed by atoms with Gasteiger partial charge < -0.3 is 0 Å². The zero-order chi connectivity index (χ0) is 16.1. The second kappa shape index (κ2) is 7.61. The summed E-state index contributed by atoms with van der Waals surface area (Å²) in [6.07, 6.45) is 13.7. The number of hydrogen-bond donors (Lipinski definition) is 0. The molecule has 0 N–H and O–H groups in total. The van der Waals surface area contributed by atoms with Gasteiger partial charge in [0, 0.05) is 14.5 Å². The Morgan fingerprint density at radius 2 is 1.73 bits per heavy atom. The zero-order valence-electron chi connectivity index (χ0n) is 14.0. The van der Waals surface area contributed by atoms with E-state index in [0.717, 1.165) is 0 Å². The molecule has 1 unspecified atom stereocenters. The first-order valence-electron chi connectivity index (χ1n) is 8.00. The van der Waals surface area contributed by atoms with E-state index in [1.807, 2.05) is 23.5 Å². The molecule has 1 aromatic rings. The second-order valence-electron chi connectivity index (χ2n) is 6.12. The van der Waals surface area contributed by atoms with Crippen LogP contribution in [-0.4, -0.2) is 9.49 Å². The van der Waals surface area contributed by atoms with E-state index in [9.17, 15) is 0 Å². The standard InChI is InChI=1S/C20H26S2/c1-5-19(3,6-2)22-18-14-10-11-15-20(4,16-18)21-17-12-8-7-9-13-17/h7-16H,5-6H2,1-4H3. The minimum absolute atomic E-state index is 0.00439. The molecule has 0 nitrogen and oxygen atoms in total. The van der Waals surface area contributed by atoms with Crippen LogP contribution in [0.15, 0.2) is 70.5 Å². The van der Waals surface area contributed by atoms with Gasteiger partial charge in [-0.1, -0.05) is 63.3 Å². The van der Waals surface area contributed by atoms with Crippen molar-refractivity contribution in [3.05, 3.63) is 65.6 Å². The van der Waals surface area contributed by atoms with Crippen molar-refractivity contribution in [3.8, 4) is 0 Å². The number of benzene rings is 1. The molecule has 2 rings (SSSR count). The predicted octanol–water partition coefficient (Wildman–Crippen LogP) is 6.86. The molecule has 1 aromatic carbocycles. The van der Waals surface area contributed by atoms with Crippen molar-refractivity contribution in [3.63, 3.8) is 0 Å². The van der Waals surface area contributed by atoms with Crippen molar-refractivity contribution >= 4 is 23.5 Å². The Labute approximate surface area is 144 Å². The SMILES string of the molecule is CCC(C)(CC)SC1=CC(C)(Sc2ccccc2)C=CC=C1. The highest BCUT2D eigenvalue weighted by molar-refractivity contribution is 8.04. The maximum atomic E-state index is 2.42. The van der Waals surface area contributed by atoms with E-state index in [-0.39, 0.29) is 4.75 Å². The van der Waals surface area contributed by atoms with Gasteiger partial charge in [0.2, 0.25) is 0 Å². The first kappa shape index (κ1) is 17.5. The molecule has 1 aliphatic rings. The highest BCUT2D eigenvalue weighted by Gasteiger charge is 2.26. The summed E-state index contributed by atoms with van der Waals surface area (Å²) in [4.78, 5) is 2.69. The molecule has 2 heteroatoms. The molecular formula is C20H26S2. The summed E-state index contributed by atoms with van der Waals surface area (Å²) in [6, 6.07) is 10.7. The van der Waals surface area contributed by atoms with Crippen LogP contribution in [0.25, 0.3) is 0 Å². The molecule has 0 aromatic heterocycles. The molecule has 0 radical (unpaired) electrons. The van der Waals surface area contributed by atoms with Gasteiger partial charge in [0.25, 0.3) is 0 Å². The second-order valence-corrected chi connectivity index (χ2v) is 9.34. The Kier molecular flexibility index (Phi) is 6.05. The molecule has 0 heterocycles. The average molecular weight is 331 g/mol. The molecule has 0 saturated carbocycles. The maximum absolute atomic E-state index is 2.42. The van der Waals surface area contributed by atoms with Crippen LogP contribution in [0.5, 0.6) is 0 Å². The fourth-order valence-electron chi connectivity index (χ4n) is 2.32. The lowest BCUT2D eigenvalue weighted by Gasteiger charge is -2.28. The lowest BCUT2D eigenvalue weighted by molar-refractivity contribution is 0.601. The van der Waals surface area contributed by atoms with Crippen molar-refractivity contribution in [1.82, 2.24) is 0 Å². The van der Waals surface area contributed by atoms with Crippen LogP contribution in [0.2, 0.25) is 0 Å². The van der Waals surface area contributed by atoms with Crippen LogP contribution in [-0.2, 0) is 0 Å². The third kappa shape index (κ3) is 4.82. The first-order valence-corrected chi connectivity index (χ1v) is 9.64. The largest absolute Gasteiger partial charge is 0.120 e. The molecule has 0 saturated heterocycles. The third-order valence-corrected chi connectivity index (χ3v) is 6.93. The van der Waals surface area contributed by atoms with Gasteiger partial charge in [-0.25, -0.2) is 0 Å². The Balaban J connectivity index is 2.22. The summed E-state index contributed by atoms with van der Waals surface area (Å²) < 4.78 is 0.314. The van der Waals surface area contributed by atoms with E-state index in [2.05, 4.69) is 88.4 Å². The molecular weight excluding hydrogens is 304 g/mol. The summed E-state index contributed by atoms with van der Waals surface area (Å²) in [5, 5.41) is 0.